The van der Waals surface area contributed by atoms with Crippen LogP contribution in [-0.4, -0.2) is 22.8 Å². The number of hydrogen-bond acceptors (Lipinski definition) is 3. The molecule has 16 heavy (non-hydrogen) atoms. The van der Waals surface area contributed by atoms with Crippen molar-refractivity contribution in [1.82, 2.24) is 0 Å². The highest BCUT2D eigenvalue weighted by Gasteiger charge is 2.33. The van der Waals surface area contributed by atoms with Crippen molar-refractivity contribution in [2.24, 2.45) is 5.41 Å². The number of aliphatic hydroxyl groups excluding tert-OH is 1. The summed E-state index contributed by atoms with van der Waals surface area (Å²) >= 11 is 0. The molecule has 0 aliphatic rings. The minimum atomic E-state index is -1.26. The van der Waals surface area contributed by atoms with Gasteiger partial charge in [0.2, 0.25) is 11.6 Å². The zero-order chi connectivity index (χ0) is 12.3. The van der Waals surface area contributed by atoms with Gasteiger partial charge in [0.15, 0.2) is 0 Å². The van der Waals surface area contributed by atoms with Gasteiger partial charge in [-0.15, -0.1) is 0 Å². The van der Waals surface area contributed by atoms with Crippen LogP contribution in [0.25, 0.3) is 0 Å². The lowest BCUT2D eigenvalue weighted by atomic mass is 9.84. The lowest BCUT2D eigenvalue weighted by Crippen LogP contribution is -2.38. The van der Waals surface area contributed by atoms with E-state index < -0.39 is 23.1 Å². The molecular formula is C13H16O3. The third-order valence-electron chi connectivity index (χ3n) is 2.33. The molecule has 86 valence electrons. The van der Waals surface area contributed by atoms with Crippen LogP contribution in [0, 0.1) is 5.41 Å². The van der Waals surface area contributed by atoms with E-state index in [2.05, 4.69) is 0 Å². The summed E-state index contributed by atoms with van der Waals surface area (Å²) in [6.07, 6.45) is -1.26. The number of Topliss-reactive ketones (excluding diaryl/α,β-unsaturated/α-hetero) is 2. The zero-order valence-electron chi connectivity index (χ0n) is 9.73. The average Bonchev–Trinajstić information content (AvgIpc) is 2.26. The smallest absolute Gasteiger partial charge is 0.232 e. The SMILES string of the molecule is CC(C)(C)C(O)C(=O)C(=O)c1ccccc1. The number of ketones is 2. The molecule has 0 bridgehead atoms. The normalized spacial score (nSPS) is 13.2. The second kappa shape index (κ2) is 4.58. The van der Waals surface area contributed by atoms with Crippen molar-refractivity contribution >= 4 is 11.6 Å². The van der Waals surface area contributed by atoms with Crippen LogP contribution in [0.15, 0.2) is 30.3 Å². The second-order valence-corrected chi connectivity index (χ2v) is 4.83. The highest BCUT2D eigenvalue weighted by atomic mass is 16.3. The first-order valence-corrected chi connectivity index (χ1v) is 5.15. The minimum Gasteiger partial charge on any atom is -0.384 e. The first kappa shape index (κ1) is 12.6. The third-order valence-corrected chi connectivity index (χ3v) is 2.33. The quantitative estimate of drug-likeness (QED) is 0.624. The number of benzene rings is 1. The van der Waals surface area contributed by atoms with Crippen molar-refractivity contribution in [3.8, 4) is 0 Å². The predicted molar refractivity (Wildman–Crippen MR) is 61.2 cm³/mol. The van der Waals surface area contributed by atoms with E-state index in [4.69, 9.17) is 0 Å². The highest BCUT2D eigenvalue weighted by Crippen LogP contribution is 2.20. The molecule has 0 aromatic heterocycles. The van der Waals surface area contributed by atoms with Crippen LogP contribution in [0.1, 0.15) is 31.1 Å². The van der Waals surface area contributed by atoms with E-state index in [1.54, 1.807) is 51.1 Å². The molecule has 0 saturated carbocycles. The van der Waals surface area contributed by atoms with Gasteiger partial charge in [-0.25, -0.2) is 0 Å². The molecule has 0 aliphatic carbocycles. The summed E-state index contributed by atoms with van der Waals surface area (Å²) in [4.78, 5) is 23.4. The van der Waals surface area contributed by atoms with Crippen molar-refractivity contribution in [2.75, 3.05) is 0 Å². The van der Waals surface area contributed by atoms with Crippen molar-refractivity contribution < 1.29 is 14.7 Å². The fourth-order valence-corrected chi connectivity index (χ4v) is 1.25. The van der Waals surface area contributed by atoms with E-state index >= 15 is 0 Å². The first-order valence-electron chi connectivity index (χ1n) is 5.15. The fraction of sp³-hybridized carbons (Fsp3) is 0.385. The molecule has 1 aromatic rings. The molecule has 1 aromatic carbocycles. The molecule has 3 nitrogen and oxygen atoms in total. The molecule has 0 heterocycles. The number of carbonyl (C=O) groups excluding carboxylic acids is 2. The molecule has 1 rings (SSSR count). The van der Waals surface area contributed by atoms with Crippen LogP contribution < -0.4 is 0 Å². The molecule has 0 aliphatic heterocycles. The zero-order valence-corrected chi connectivity index (χ0v) is 9.73. The predicted octanol–water partition coefficient (Wildman–Crippen LogP) is 1.85. The lowest BCUT2D eigenvalue weighted by molar-refractivity contribution is -0.127. The Balaban J connectivity index is 2.88. The summed E-state index contributed by atoms with van der Waals surface area (Å²) in [6, 6.07) is 8.26. The Morgan fingerprint density at radius 3 is 2.06 bits per heavy atom. The van der Waals surface area contributed by atoms with Gasteiger partial charge in [-0.3, -0.25) is 9.59 Å². The van der Waals surface area contributed by atoms with E-state index in [0.29, 0.717) is 5.56 Å². The number of rotatable bonds is 3. The number of carbonyl (C=O) groups is 2. The average molecular weight is 220 g/mol. The van der Waals surface area contributed by atoms with Gasteiger partial charge >= 0.3 is 0 Å². The van der Waals surface area contributed by atoms with Gasteiger partial charge in [0.25, 0.3) is 0 Å². The Bertz CT molecular complexity index is 387. The van der Waals surface area contributed by atoms with E-state index in [0.717, 1.165) is 0 Å². The van der Waals surface area contributed by atoms with Crippen molar-refractivity contribution in [3.63, 3.8) is 0 Å². The number of hydrogen-bond donors (Lipinski definition) is 1. The molecule has 0 amide bonds. The lowest BCUT2D eigenvalue weighted by Gasteiger charge is -2.23. The molecule has 0 fully saturated rings. The van der Waals surface area contributed by atoms with Gasteiger partial charge in [0.05, 0.1) is 0 Å². The molecular weight excluding hydrogens is 204 g/mol. The summed E-state index contributed by atoms with van der Waals surface area (Å²) in [5, 5.41) is 9.72. The van der Waals surface area contributed by atoms with E-state index in [9.17, 15) is 14.7 Å². The minimum absolute atomic E-state index is 0.316. The van der Waals surface area contributed by atoms with Gasteiger partial charge in [0, 0.05) is 5.56 Å². The van der Waals surface area contributed by atoms with E-state index in [1.165, 1.54) is 0 Å². The van der Waals surface area contributed by atoms with Crippen LogP contribution in [0.3, 0.4) is 0 Å². The number of aliphatic hydroxyl groups is 1. The molecule has 1 unspecified atom stereocenters. The maximum atomic E-state index is 11.7. The Morgan fingerprint density at radius 1 is 1.12 bits per heavy atom. The van der Waals surface area contributed by atoms with Crippen LogP contribution in [0.2, 0.25) is 0 Å². The van der Waals surface area contributed by atoms with Gasteiger partial charge < -0.3 is 5.11 Å². The summed E-state index contributed by atoms with van der Waals surface area (Å²) in [5.74, 6) is -1.39. The van der Waals surface area contributed by atoms with Crippen molar-refractivity contribution in [3.05, 3.63) is 35.9 Å². The maximum absolute atomic E-state index is 11.7. The molecule has 0 saturated heterocycles. The Labute approximate surface area is 95.1 Å². The summed E-state index contributed by atoms with van der Waals surface area (Å²) in [7, 11) is 0. The van der Waals surface area contributed by atoms with Crippen molar-refractivity contribution in [1.29, 1.82) is 0 Å². The van der Waals surface area contributed by atoms with Gasteiger partial charge in [-0.2, -0.15) is 0 Å². The summed E-state index contributed by atoms with van der Waals surface area (Å²) in [5.41, 5.74) is -0.308. The fourth-order valence-electron chi connectivity index (χ4n) is 1.25. The van der Waals surface area contributed by atoms with Gasteiger partial charge in [-0.1, -0.05) is 51.1 Å². The largest absolute Gasteiger partial charge is 0.384 e. The van der Waals surface area contributed by atoms with Crippen LogP contribution in [0.4, 0.5) is 0 Å². The highest BCUT2D eigenvalue weighted by molar-refractivity contribution is 6.45. The standard InChI is InChI=1S/C13H16O3/c1-13(2,3)12(16)11(15)10(14)9-7-5-4-6-8-9/h4-8,12,16H,1-3H3. The molecule has 1 atom stereocenters. The van der Waals surface area contributed by atoms with Crippen molar-refractivity contribution in [2.45, 2.75) is 26.9 Å². The Hall–Kier alpha value is -1.48. The Kier molecular flexibility index (Phi) is 3.60. The third kappa shape index (κ3) is 2.76. The first-order chi connectivity index (χ1) is 7.34. The summed E-state index contributed by atoms with van der Waals surface area (Å²) in [6.45, 7) is 5.15. The van der Waals surface area contributed by atoms with Gasteiger partial charge in [0.1, 0.15) is 6.10 Å². The Morgan fingerprint density at radius 2 is 1.62 bits per heavy atom. The molecule has 3 heteroatoms. The summed E-state index contributed by atoms with van der Waals surface area (Å²) < 4.78 is 0. The topological polar surface area (TPSA) is 54.4 Å². The van der Waals surface area contributed by atoms with Gasteiger partial charge in [-0.05, 0) is 5.41 Å². The molecule has 1 N–H and O–H groups in total. The molecule has 0 radical (unpaired) electrons. The second-order valence-electron chi connectivity index (χ2n) is 4.83. The van der Waals surface area contributed by atoms with E-state index in [-0.39, 0.29) is 0 Å². The monoisotopic (exact) mass is 220 g/mol. The van der Waals surface area contributed by atoms with Crippen LogP contribution >= 0.6 is 0 Å². The van der Waals surface area contributed by atoms with Crippen LogP contribution in [-0.2, 0) is 4.79 Å². The maximum Gasteiger partial charge on any atom is 0.232 e. The van der Waals surface area contributed by atoms with Crippen LogP contribution in [0.5, 0.6) is 0 Å². The van der Waals surface area contributed by atoms with E-state index in [1.807, 2.05) is 0 Å². The molecule has 0 spiro atoms.